The summed E-state index contributed by atoms with van der Waals surface area (Å²) in [5, 5.41) is 4.00. The predicted molar refractivity (Wildman–Crippen MR) is 85.0 cm³/mol. The average molecular weight is 311 g/mol. The van der Waals surface area contributed by atoms with Crippen LogP contribution in [-0.4, -0.2) is 27.5 Å². The lowest BCUT2D eigenvalue weighted by molar-refractivity contribution is 0.0669. The van der Waals surface area contributed by atoms with Crippen molar-refractivity contribution in [2.24, 2.45) is 0 Å². The van der Waals surface area contributed by atoms with Crippen molar-refractivity contribution in [1.82, 2.24) is 15.0 Å². The fraction of sp³-hybridized carbons (Fsp3) is 0.500. The Morgan fingerprint density at radius 1 is 1.17 bits per heavy atom. The second-order valence-electron chi connectivity index (χ2n) is 6.45. The Kier molecular flexibility index (Phi) is 3.85. The standard InChI is InChI=1S/C18H21N3O2/c22-18(15-9-5-7-13-6-4-8-14(13)15)21-11-3-1-2-10-16(21)17-19-12-23-20-17/h5,7,9,12,16H,1-4,6,8,10-11H2/t16-/m0/s1. The summed E-state index contributed by atoms with van der Waals surface area (Å²) in [6, 6.07) is 6.07. The van der Waals surface area contributed by atoms with Crippen LogP contribution in [0.25, 0.3) is 0 Å². The monoisotopic (exact) mass is 311 g/mol. The van der Waals surface area contributed by atoms with Gasteiger partial charge in [-0.05, 0) is 49.3 Å². The topological polar surface area (TPSA) is 59.2 Å². The fourth-order valence-electron chi connectivity index (χ4n) is 3.92. The second kappa shape index (κ2) is 6.14. The highest BCUT2D eigenvalue weighted by atomic mass is 16.5. The molecule has 2 aromatic rings. The van der Waals surface area contributed by atoms with E-state index in [4.69, 9.17) is 4.52 Å². The molecule has 1 fully saturated rings. The molecule has 0 radical (unpaired) electrons. The van der Waals surface area contributed by atoms with Gasteiger partial charge in [-0.1, -0.05) is 30.1 Å². The second-order valence-corrected chi connectivity index (χ2v) is 6.45. The van der Waals surface area contributed by atoms with Crippen LogP contribution in [-0.2, 0) is 12.8 Å². The van der Waals surface area contributed by atoms with Crippen molar-refractivity contribution in [2.75, 3.05) is 6.54 Å². The van der Waals surface area contributed by atoms with Crippen molar-refractivity contribution in [3.8, 4) is 0 Å². The van der Waals surface area contributed by atoms with Crippen molar-refractivity contribution in [1.29, 1.82) is 0 Å². The first kappa shape index (κ1) is 14.4. The third kappa shape index (κ3) is 2.64. The van der Waals surface area contributed by atoms with Gasteiger partial charge in [0, 0.05) is 12.1 Å². The molecule has 23 heavy (non-hydrogen) atoms. The molecule has 1 aliphatic carbocycles. The van der Waals surface area contributed by atoms with Crippen LogP contribution in [0.5, 0.6) is 0 Å². The normalized spacial score (nSPS) is 21.0. The summed E-state index contributed by atoms with van der Waals surface area (Å²) < 4.78 is 4.92. The first-order valence-corrected chi connectivity index (χ1v) is 8.52. The number of aromatic nitrogens is 2. The SMILES string of the molecule is O=C(c1cccc2c1CCC2)N1CCCCC[C@H]1c1ncon1. The van der Waals surface area contributed by atoms with Gasteiger partial charge in [0.25, 0.3) is 5.91 Å². The van der Waals surface area contributed by atoms with E-state index in [9.17, 15) is 4.79 Å². The highest BCUT2D eigenvalue weighted by Gasteiger charge is 2.32. The zero-order chi connectivity index (χ0) is 15.6. The third-order valence-electron chi connectivity index (χ3n) is 5.07. The van der Waals surface area contributed by atoms with Crippen LogP contribution in [0.3, 0.4) is 0 Å². The summed E-state index contributed by atoms with van der Waals surface area (Å²) in [4.78, 5) is 19.4. The zero-order valence-corrected chi connectivity index (χ0v) is 13.2. The Bertz CT molecular complexity index is 696. The summed E-state index contributed by atoms with van der Waals surface area (Å²) >= 11 is 0. The van der Waals surface area contributed by atoms with Crippen LogP contribution >= 0.6 is 0 Å². The molecule has 1 atom stereocenters. The number of amides is 1. The molecular formula is C18H21N3O2. The molecule has 1 amide bonds. The van der Waals surface area contributed by atoms with Gasteiger partial charge in [-0.15, -0.1) is 0 Å². The van der Waals surface area contributed by atoms with E-state index in [1.165, 1.54) is 17.5 Å². The number of hydrogen-bond donors (Lipinski definition) is 0. The van der Waals surface area contributed by atoms with Gasteiger partial charge in [0.15, 0.2) is 5.82 Å². The van der Waals surface area contributed by atoms with Gasteiger partial charge < -0.3 is 9.42 Å². The minimum Gasteiger partial charge on any atom is -0.343 e. The Hall–Kier alpha value is -2.17. The van der Waals surface area contributed by atoms with Crippen LogP contribution < -0.4 is 0 Å². The Balaban J connectivity index is 1.69. The number of rotatable bonds is 2. The van der Waals surface area contributed by atoms with Crippen LogP contribution in [0.4, 0.5) is 0 Å². The molecule has 1 aliphatic heterocycles. The molecule has 0 bridgehead atoms. The number of fused-ring (bicyclic) bond motifs is 1. The lowest BCUT2D eigenvalue weighted by Gasteiger charge is -2.28. The minimum atomic E-state index is -0.0685. The summed E-state index contributed by atoms with van der Waals surface area (Å²) in [5.41, 5.74) is 3.45. The van der Waals surface area contributed by atoms with E-state index in [0.717, 1.165) is 57.1 Å². The smallest absolute Gasteiger partial charge is 0.254 e. The van der Waals surface area contributed by atoms with Crippen molar-refractivity contribution < 1.29 is 9.32 Å². The van der Waals surface area contributed by atoms with E-state index >= 15 is 0 Å². The molecular weight excluding hydrogens is 290 g/mol. The molecule has 1 aromatic heterocycles. The van der Waals surface area contributed by atoms with Gasteiger partial charge in [-0.2, -0.15) is 4.98 Å². The number of carbonyl (C=O) groups is 1. The van der Waals surface area contributed by atoms with Crippen molar-refractivity contribution in [2.45, 2.75) is 51.0 Å². The fourth-order valence-corrected chi connectivity index (χ4v) is 3.92. The maximum atomic E-state index is 13.3. The quantitative estimate of drug-likeness (QED) is 0.853. The number of benzene rings is 1. The molecule has 2 aliphatic rings. The molecule has 2 heterocycles. The minimum absolute atomic E-state index is 0.0685. The van der Waals surface area contributed by atoms with E-state index in [0.29, 0.717) is 5.82 Å². The molecule has 0 saturated carbocycles. The van der Waals surface area contributed by atoms with Crippen LogP contribution in [0.2, 0.25) is 0 Å². The average Bonchev–Trinajstić information content (AvgIpc) is 3.21. The van der Waals surface area contributed by atoms with E-state index in [1.54, 1.807) is 0 Å². The summed E-state index contributed by atoms with van der Waals surface area (Å²) in [7, 11) is 0. The molecule has 5 nitrogen and oxygen atoms in total. The van der Waals surface area contributed by atoms with Crippen molar-refractivity contribution >= 4 is 5.91 Å². The molecule has 1 saturated heterocycles. The highest BCUT2D eigenvalue weighted by Crippen LogP contribution is 2.32. The predicted octanol–water partition coefficient (Wildman–Crippen LogP) is 3.32. The largest absolute Gasteiger partial charge is 0.343 e. The van der Waals surface area contributed by atoms with Crippen LogP contribution in [0.15, 0.2) is 29.1 Å². The van der Waals surface area contributed by atoms with Crippen molar-refractivity contribution in [3.05, 3.63) is 47.1 Å². The lowest BCUT2D eigenvalue weighted by atomic mass is 10.0. The van der Waals surface area contributed by atoms with E-state index in [-0.39, 0.29) is 11.9 Å². The van der Waals surface area contributed by atoms with Gasteiger partial charge in [0.05, 0.1) is 6.04 Å². The van der Waals surface area contributed by atoms with E-state index < -0.39 is 0 Å². The molecule has 4 rings (SSSR count). The van der Waals surface area contributed by atoms with Gasteiger partial charge in [0.2, 0.25) is 6.39 Å². The van der Waals surface area contributed by atoms with Gasteiger partial charge >= 0.3 is 0 Å². The molecule has 0 unspecified atom stereocenters. The summed E-state index contributed by atoms with van der Waals surface area (Å²) in [5.74, 6) is 0.758. The van der Waals surface area contributed by atoms with Gasteiger partial charge in [0.1, 0.15) is 0 Å². The van der Waals surface area contributed by atoms with Gasteiger partial charge in [-0.25, -0.2) is 0 Å². The molecule has 0 N–H and O–H groups in total. The number of aryl methyl sites for hydroxylation is 1. The third-order valence-corrected chi connectivity index (χ3v) is 5.07. The van der Waals surface area contributed by atoms with E-state index in [1.807, 2.05) is 17.0 Å². The molecule has 1 aromatic carbocycles. The Labute approximate surface area is 135 Å². The molecule has 5 heteroatoms. The van der Waals surface area contributed by atoms with Crippen molar-refractivity contribution in [3.63, 3.8) is 0 Å². The van der Waals surface area contributed by atoms with Crippen LogP contribution in [0, 0.1) is 0 Å². The first-order valence-electron chi connectivity index (χ1n) is 8.52. The maximum absolute atomic E-state index is 13.3. The maximum Gasteiger partial charge on any atom is 0.254 e. The number of nitrogens with zero attached hydrogens (tertiary/aromatic N) is 3. The van der Waals surface area contributed by atoms with Crippen LogP contribution in [0.1, 0.15) is 65.5 Å². The molecule has 0 spiro atoms. The first-order chi connectivity index (χ1) is 11.3. The van der Waals surface area contributed by atoms with Gasteiger partial charge in [-0.3, -0.25) is 4.79 Å². The Morgan fingerprint density at radius 2 is 2.13 bits per heavy atom. The zero-order valence-electron chi connectivity index (χ0n) is 13.2. The Morgan fingerprint density at radius 3 is 3.00 bits per heavy atom. The lowest BCUT2D eigenvalue weighted by Crippen LogP contribution is -2.35. The van der Waals surface area contributed by atoms with E-state index in [2.05, 4.69) is 16.2 Å². The number of hydrogen-bond acceptors (Lipinski definition) is 4. The summed E-state index contributed by atoms with van der Waals surface area (Å²) in [6.07, 6.45) is 8.77. The number of carbonyl (C=O) groups excluding carboxylic acids is 1. The number of likely N-dealkylation sites (tertiary alicyclic amines) is 1. The molecule has 120 valence electrons. The highest BCUT2D eigenvalue weighted by molar-refractivity contribution is 5.96. The summed E-state index contributed by atoms with van der Waals surface area (Å²) in [6.45, 7) is 0.766.